The minimum absolute atomic E-state index is 0.0866. The van der Waals surface area contributed by atoms with Gasteiger partial charge in [-0.3, -0.25) is 0 Å². The summed E-state index contributed by atoms with van der Waals surface area (Å²) < 4.78 is 5.77. The van der Waals surface area contributed by atoms with Gasteiger partial charge in [-0.1, -0.05) is 32.9 Å². The second-order valence-electron chi connectivity index (χ2n) is 7.88. The molecule has 1 aromatic carbocycles. The van der Waals surface area contributed by atoms with Gasteiger partial charge in [0.2, 0.25) is 0 Å². The first-order valence-electron chi connectivity index (χ1n) is 8.38. The molecular formula is C19H27NO2. The number of hydrogen-bond acceptors (Lipinski definition) is 3. The summed E-state index contributed by atoms with van der Waals surface area (Å²) in [5.74, 6) is -0.172. The van der Waals surface area contributed by atoms with Gasteiger partial charge in [-0.15, -0.1) is 0 Å². The number of fused-ring (bicyclic) bond motifs is 2. The van der Waals surface area contributed by atoms with Gasteiger partial charge in [0.25, 0.3) is 0 Å². The fraction of sp³-hybridized carbons (Fsp3) is 0.632. The Morgan fingerprint density at radius 1 is 1.09 bits per heavy atom. The Morgan fingerprint density at radius 2 is 1.64 bits per heavy atom. The second-order valence-corrected chi connectivity index (χ2v) is 7.88. The highest BCUT2D eigenvalue weighted by Crippen LogP contribution is 2.35. The molecule has 0 aromatic heterocycles. The van der Waals surface area contributed by atoms with Crippen LogP contribution < -0.4 is 0 Å². The van der Waals surface area contributed by atoms with E-state index < -0.39 is 0 Å². The summed E-state index contributed by atoms with van der Waals surface area (Å²) in [6, 6.07) is 9.06. The molecule has 0 saturated carbocycles. The van der Waals surface area contributed by atoms with E-state index >= 15 is 0 Å². The fourth-order valence-corrected chi connectivity index (χ4v) is 3.78. The number of piperidine rings is 1. The van der Waals surface area contributed by atoms with Crippen molar-refractivity contribution >= 4 is 5.97 Å². The van der Waals surface area contributed by atoms with Crippen molar-refractivity contribution in [2.24, 2.45) is 0 Å². The number of benzene rings is 1. The summed E-state index contributed by atoms with van der Waals surface area (Å²) in [6.07, 6.45) is 4.55. The van der Waals surface area contributed by atoms with Crippen molar-refractivity contribution in [3.8, 4) is 0 Å². The van der Waals surface area contributed by atoms with E-state index in [1.54, 1.807) is 0 Å². The van der Waals surface area contributed by atoms with E-state index in [0.29, 0.717) is 17.6 Å². The Morgan fingerprint density at radius 3 is 2.14 bits per heavy atom. The van der Waals surface area contributed by atoms with Crippen LogP contribution in [0.4, 0.5) is 0 Å². The number of hydrogen-bond donors (Lipinski definition) is 0. The molecule has 3 rings (SSSR count). The SMILES string of the molecule is CN1C2CCC1CC(OC(=O)c1ccc(C(C)(C)C)cc1)C2. The van der Waals surface area contributed by atoms with Crippen LogP contribution >= 0.6 is 0 Å². The summed E-state index contributed by atoms with van der Waals surface area (Å²) in [5.41, 5.74) is 2.01. The summed E-state index contributed by atoms with van der Waals surface area (Å²) >= 11 is 0. The lowest BCUT2D eigenvalue weighted by molar-refractivity contribution is -0.000453. The molecule has 2 aliphatic heterocycles. The van der Waals surface area contributed by atoms with Gasteiger partial charge in [0.05, 0.1) is 5.56 Å². The van der Waals surface area contributed by atoms with Crippen LogP contribution in [0.25, 0.3) is 0 Å². The van der Waals surface area contributed by atoms with Gasteiger partial charge in [0.15, 0.2) is 0 Å². The van der Waals surface area contributed by atoms with Crippen LogP contribution in [0, 0.1) is 0 Å². The minimum Gasteiger partial charge on any atom is -0.459 e. The molecule has 2 unspecified atom stereocenters. The Balaban J connectivity index is 1.63. The molecule has 2 heterocycles. The van der Waals surface area contributed by atoms with E-state index in [9.17, 15) is 4.79 Å². The van der Waals surface area contributed by atoms with Gasteiger partial charge in [-0.25, -0.2) is 4.79 Å². The van der Waals surface area contributed by atoms with Crippen molar-refractivity contribution in [2.75, 3.05) is 7.05 Å². The zero-order valence-corrected chi connectivity index (χ0v) is 14.1. The first-order chi connectivity index (χ1) is 10.3. The summed E-state index contributed by atoms with van der Waals surface area (Å²) in [5, 5.41) is 0. The Labute approximate surface area is 133 Å². The molecular weight excluding hydrogens is 274 g/mol. The second kappa shape index (κ2) is 5.69. The van der Waals surface area contributed by atoms with Crippen molar-refractivity contribution in [1.29, 1.82) is 0 Å². The van der Waals surface area contributed by atoms with Crippen molar-refractivity contribution in [3.63, 3.8) is 0 Å². The highest BCUT2D eigenvalue weighted by Gasteiger charge is 2.39. The van der Waals surface area contributed by atoms with Crippen molar-refractivity contribution in [1.82, 2.24) is 4.90 Å². The van der Waals surface area contributed by atoms with Crippen LogP contribution in [-0.2, 0) is 10.2 Å². The quantitative estimate of drug-likeness (QED) is 0.779. The fourth-order valence-electron chi connectivity index (χ4n) is 3.78. The number of carbonyl (C=O) groups excluding carboxylic acids is 1. The molecule has 120 valence electrons. The molecule has 22 heavy (non-hydrogen) atoms. The average Bonchev–Trinajstić information content (AvgIpc) is 2.69. The highest BCUT2D eigenvalue weighted by atomic mass is 16.5. The molecule has 2 saturated heterocycles. The van der Waals surface area contributed by atoms with Crippen LogP contribution in [0.3, 0.4) is 0 Å². The van der Waals surface area contributed by atoms with Crippen molar-refractivity contribution in [2.45, 2.75) is 70.1 Å². The van der Waals surface area contributed by atoms with E-state index in [0.717, 1.165) is 12.8 Å². The molecule has 0 N–H and O–H groups in total. The average molecular weight is 301 g/mol. The molecule has 3 nitrogen and oxygen atoms in total. The van der Waals surface area contributed by atoms with Gasteiger partial charge in [0, 0.05) is 24.9 Å². The maximum absolute atomic E-state index is 12.4. The maximum atomic E-state index is 12.4. The standard InChI is InChI=1S/C19H27NO2/c1-19(2,3)14-7-5-13(6-8-14)18(21)22-17-11-15-9-10-16(12-17)20(15)4/h5-8,15-17H,9-12H2,1-4H3. The lowest BCUT2D eigenvalue weighted by atomic mass is 9.87. The zero-order valence-electron chi connectivity index (χ0n) is 14.1. The molecule has 0 aliphatic carbocycles. The lowest BCUT2D eigenvalue weighted by Gasteiger charge is -2.35. The lowest BCUT2D eigenvalue weighted by Crippen LogP contribution is -2.43. The third kappa shape index (κ3) is 3.05. The Hall–Kier alpha value is -1.35. The minimum atomic E-state index is -0.172. The van der Waals surface area contributed by atoms with E-state index in [1.165, 1.54) is 18.4 Å². The van der Waals surface area contributed by atoms with Crippen LogP contribution in [0.15, 0.2) is 24.3 Å². The molecule has 0 amide bonds. The van der Waals surface area contributed by atoms with Gasteiger partial charge in [0.1, 0.15) is 6.10 Å². The van der Waals surface area contributed by atoms with E-state index in [4.69, 9.17) is 4.74 Å². The van der Waals surface area contributed by atoms with Gasteiger partial charge < -0.3 is 9.64 Å². The number of esters is 1. The normalized spacial score (nSPS) is 28.6. The highest BCUT2D eigenvalue weighted by molar-refractivity contribution is 5.89. The predicted molar refractivity (Wildman–Crippen MR) is 88.2 cm³/mol. The first kappa shape index (κ1) is 15.5. The molecule has 3 heteroatoms. The molecule has 2 bridgehead atoms. The number of nitrogens with zero attached hydrogens (tertiary/aromatic N) is 1. The monoisotopic (exact) mass is 301 g/mol. The predicted octanol–water partition coefficient (Wildman–Crippen LogP) is 3.77. The number of ether oxygens (including phenoxy) is 1. The van der Waals surface area contributed by atoms with Gasteiger partial charge in [-0.2, -0.15) is 0 Å². The molecule has 0 spiro atoms. The van der Waals surface area contributed by atoms with Crippen molar-refractivity contribution < 1.29 is 9.53 Å². The summed E-state index contributed by atoms with van der Waals surface area (Å²) in [6.45, 7) is 6.53. The molecule has 2 atom stereocenters. The van der Waals surface area contributed by atoms with Crippen LogP contribution in [0.1, 0.15) is 62.4 Å². The Kier molecular flexibility index (Phi) is 4.02. The third-order valence-electron chi connectivity index (χ3n) is 5.32. The Bertz CT molecular complexity index is 530. The number of rotatable bonds is 2. The first-order valence-corrected chi connectivity index (χ1v) is 8.38. The molecule has 2 aliphatic rings. The van der Waals surface area contributed by atoms with E-state index in [-0.39, 0.29) is 17.5 Å². The van der Waals surface area contributed by atoms with Crippen molar-refractivity contribution in [3.05, 3.63) is 35.4 Å². The van der Waals surface area contributed by atoms with E-state index in [2.05, 4.69) is 32.7 Å². The van der Waals surface area contributed by atoms with Crippen LogP contribution in [0.2, 0.25) is 0 Å². The van der Waals surface area contributed by atoms with Gasteiger partial charge in [-0.05, 0) is 43.0 Å². The van der Waals surface area contributed by atoms with Gasteiger partial charge >= 0.3 is 5.97 Å². The smallest absolute Gasteiger partial charge is 0.338 e. The maximum Gasteiger partial charge on any atom is 0.338 e. The zero-order chi connectivity index (χ0) is 15.9. The topological polar surface area (TPSA) is 29.5 Å². The molecule has 2 fully saturated rings. The van der Waals surface area contributed by atoms with Crippen LogP contribution in [0.5, 0.6) is 0 Å². The van der Waals surface area contributed by atoms with E-state index in [1.807, 2.05) is 24.3 Å². The molecule has 1 aromatic rings. The number of carbonyl (C=O) groups is 1. The summed E-state index contributed by atoms with van der Waals surface area (Å²) in [4.78, 5) is 14.8. The molecule has 0 radical (unpaired) electrons. The summed E-state index contributed by atoms with van der Waals surface area (Å²) in [7, 11) is 2.20. The third-order valence-corrected chi connectivity index (χ3v) is 5.32. The van der Waals surface area contributed by atoms with Crippen LogP contribution in [-0.4, -0.2) is 36.1 Å². The largest absolute Gasteiger partial charge is 0.459 e.